The highest BCUT2D eigenvalue weighted by Crippen LogP contribution is 2.35. The van der Waals surface area contributed by atoms with Crippen LogP contribution in [0.25, 0.3) is 0 Å². The van der Waals surface area contributed by atoms with Crippen LogP contribution in [-0.4, -0.2) is 96.7 Å². The Morgan fingerprint density at radius 3 is 2.27 bits per heavy atom. The van der Waals surface area contributed by atoms with Crippen LogP contribution in [0.4, 0.5) is 0 Å². The number of hydrogen-bond donors (Lipinski definition) is 0. The molecule has 2 saturated heterocycles. The van der Waals surface area contributed by atoms with E-state index in [1.54, 1.807) is 23.9 Å². The number of hydrogen-bond acceptors (Lipinski definition) is 4. The van der Waals surface area contributed by atoms with Gasteiger partial charge in [-0.05, 0) is 68.5 Å². The van der Waals surface area contributed by atoms with E-state index < -0.39 is 5.54 Å². The lowest BCUT2D eigenvalue weighted by molar-refractivity contribution is -0.158. The zero-order valence-electron chi connectivity index (χ0n) is 23.7. The molecule has 216 valence electrons. The zero-order valence-corrected chi connectivity index (χ0v) is 25.3. The van der Waals surface area contributed by atoms with Crippen molar-refractivity contribution in [2.75, 3.05) is 53.9 Å². The first kappa shape index (κ1) is 30.4. The van der Waals surface area contributed by atoms with Gasteiger partial charge < -0.3 is 19.6 Å². The summed E-state index contributed by atoms with van der Waals surface area (Å²) in [5, 5.41) is 1.00. The Balaban J connectivity index is 1.46. The van der Waals surface area contributed by atoms with Crippen LogP contribution in [0.2, 0.25) is 10.0 Å². The van der Waals surface area contributed by atoms with Crippen molar-refractivity contribution >= 4 is 40.9 Å². The van der Waals surface area contributed by atoms with Gasteiger partial charge >= 0.3 is 0 Å². The summed E-state index contributed by atoms with van der Waals surface area (Å²) < 4.78 is 0. The Kier molecular flexibility index (Phi) is 10.1. The number of likely N-dealkylation sites (N-methyl/N-ethyl adjacent to an activating group) is 2. The van der Waals surface area contributed by atoms with Crippen LogP contribution in [0.15, 0.2) is 48.5 Å². The van der Waals surface area contributed by atoms with E-state index in [1.165, 1.54) is 0 Å². The fourth-order valence-corrected chi connectivity index (χ4v) is 6.41. The van der Waals surface area contributed by atoms with Crippen molar-refractivity contribution in [3.8, 4) is 0 Å². The molecule has 7 nitrogen and oxygen atoms in total. The molecule has 2 fully saturated rings. The third kappa shape index (κ3) is 6.81. The van der Waals surface area contributed by atoms with Crippen molar-refractivity contribution in [3.05, 3.63) is 69.7 Å². The minimum absolute atomic E-state index is 0.0251. The average Bonchev–Trinajstić information content (AvgIpc) is 2.96. The standard InChI is InChI=1S/C31H40Cl2N4O3/c1-34(2)30(40)31(37-17-8-7-11-28(37)38)15-19-36(20-16-31)18-14-25(24-12-13-26(32)27(33)21-24)22-35(3)29(39)23-9-5-4-6-10-23/h4-6,9-10,12-13,21,25H,7-8,11,14-20,22H2,1-3H3/t25-/m1/s1. The number of likely N-dealkylation sites (tertiary alicyclic amines) is 2. The molecule has 0 bridgehead atoms. The Hall–Kier alpha value is -2.61. The van der Waals surface area contributed by atoms with Gasteiger partial charge in [-0.2, -0.15) is 0 Å². The van der Waals surface area contributed by atoms with Crippen LogP contribution in [0.1, 0.15) is 60.4 Å². The molecule has 0 N–H and O–H groups in total. The van der Waals surface area contributed by atoms with Gasteiger partial charge in [0.15, 0.2) is 0 Å². The highest BCUT2D eigenvalue weighted by molar-refractivity contribution is 6.42. The van der Waals surface area contributed by atoms with Crippen molar-refractivity contribution in [2.45, 2.75) is 50.0 Å². The predicted molar refractivity (Wildman–Crippen MR) is 160 cm³/mol. The van der Waals surface area contributed by atoms with Crippen molar-refractivity contribution < 1.29 is 14.4 Å². The smallest absolute Gasteiger partial charge is 0.253 e. The van der Waals surface area contributed by atoms with E-state index >= 15 is 0 Å². The minimum atomic E-state index is -0.761. The summed E-state index contributed by atoms with van der Waals surface area (Å²) in [5.41, 5.74) is 0.932. The quantitative estimate of drug-likeness (QED) is 0.406. The van der Waals surface area contributed by atoms with E-state index in [4.69, 9.17) is 23.2 Å². The SMILES string of the molecule is CN(C)C(=O)C1(N2CCCCC2=O)CCN(CC[C@H](CN(C)C(=O)c2ccccc2)c2ccc(Cl)c(Cl)c2)CC1. The first-order chi connectivity index (χ1) is 19.1. The molecule has 2 aromatic rings. The van der Waals surface area contributed by atoms with Crippen LogP contribution >= 0.6 is 23.2 Å². The summed E-state index contributed by atoms with van der Waals surface area (Å²) in [6, 6.07) is 15.0. The lowest BCUT2D eigenvalue weighted by Crippen LogP contribution is -2.65. The highest BCUT2D eigenvalue weighted by Gasteiger charge is 2.49. The maximum Gasteiger partial charge on any atom is 0.253 e. The van der Waals surface area contributed by atoms with E-state index in [9.17, 15) is 14.4 Å². The van der Waals surface area contributed by atoms with E-state index in [2.05, 4.69) is 4.90 Å². The molecule has 0 saturated carbocycles. The molecular weight excluding hydrogens is 547 g/mol. The fourth-order valence-electron chi connectivity index (χ4n) is 6.10. The van der Waals surface area contributed by atoms with Crippen molar-refractivity contribution in [2.24, 2.45) is 0 Å². The summed E-state index contributed by atoms with van der Waals surface area (Å²) in [7, 11) is 5.39. The molecule has 2 aliphatic rings. The molecule has 0 unspecified atom stereocenters. The van der Waals surface area contributed by atoms with E-state index in [1.807, 2.05) is 60.5 Å². The van der Waals surface area contributed by atoms with Gasteiger partial charge in [0.2, 0.25) is 11.8 Å². The van der Waals surface area contributed by atoms with Crippen molar-refractivity contribution in [1.29, 1.82) is 0 Å². The van der Waals surface area contributed by atoms with Gasteiger partial charge in [-0.15, -0.1) is 0 Å². The fraction of sp³-hybridized carbons (Fsp3) is 0.516. The second-order valence-electron chi connectivity index (χ2n) is 11.3. The predicted octanol–water partition coefficient (Wildman–Crippen LogP) is 5.17. The molecule has 3 amide bonds. The van der Waals surface area contributed by atoms with Crippen LogP contribution in [-0.2, 0) is 9.59 Å². The summed E-state index contributed by atoms with van der Waals surface area (Å²) in [6.45, 7) is 3.45. The highest BCUT2D eigenvalue weighted by atomic mass is 35.5. The van der Waals surface area contributed by atoms with Gasteiger partial charge in [0.05, 0.1) is 10.0 Å². The second-order valence-corrected chi connectivity index (χ2v) is 12.1. The Labute approximate surface area is 248 Å². The number of nitrogens with zero attached hydrogens (tertiary/aromatic N) is 4. The number of carbonyl (C=O) groups excluding carboxylic acids is 3. The zero-order chi connectivity index (χ0) is 28.9. The Morgan fingerprint density at radius 1 is 0.950 bits per heavy atom. The molecule has 4 rings (SSSR count). The molecular formula is C31H40Cl2N4O3. The lowest BCUT2D eigenvalue weighted by atomic mass is 9.82. The van der Waals surface area contributed by atoms with E-state index in [0.717, 1.165) is 44.5 Å². The van der Waals surface area contributed by atoms with Crippen LogP contribution < -0.4 is 0 Å². The topological polar surface area (TPSA) is 64.2 Å². The molecule has 0 aliphatic carbocycles. The molecule has 0 aromatic heterocycles. The summed E-state index contributed by atoms with van der Waals surface area (Å²) in [6.07, 6.45) is 4.41. The second kappa shape index (κ2) is 13.4. The molecule has 0 radical (unpaired) electrons. The summed E-state index contributed by atoms with van der Waals surface area (Å²) in [4.78, 5) is 47.1. The molecule has 2 heterocycles. The first-order valence-corrected chi connectivity index (χ1v) is 14.9. The summed E-state index contributed by atoms with van der Waals surface area (Å²) >= 11 is 12.6. The van der Waals surface area contributed by atoms with Gasteiger partial charge in [-0.1, -0.05) is 47.5 Å². The third-order valence-electron chi connectivity index (χ3n) is 8.40. The maximum absolute atomic E-state index is 13.4. The maximum atomic E-state index is 13.4. The molecule has 40 heavy (non-hydrogen) atoms. The number of piperidine rings is 2. The summed E-state index contributed by atoms with van der Waals surface area (Å²) in [5.74, 6) is 0.144. The largest absolute Gasteiger partial charge is 0.347 e. The normalized spacial score (nSPS) is 18.3. The minimum Gasteiger partial charge on any atom is -0.347 e. The van der Waals surface area contributed by atoms with Gasteiger partial charge in [0.25, 0.3) is 5.91 Å². The lowest BCUT2D eigenvalue weighted by Gasteiger charge is -2.49. The van der Waals surface area contributed by atoms with E-state index in [0.29, 0.717) is 48.0 Å². The molecule has 1 atom stereocenters. The number of rotatable bonds is 9. The van der Waals surface area contributed by atoms with Crippen LogP contribution in [0.5, 0.6) is 0 Å². The first-order valence-electron chi connectivity index (χ1n) is 14.1. The average molecular weight is 588 g/mol. The van der Waals surface area contributed by atoms with Crippen molar-refractivity contribution in [3.63, 3.8) is 0 Å². The van der Waals surface area contributed by atoms with Gasteiger partial charge in [-0.25, -0.2) is 0 Å². The third-order valence-corrected chi connectivity index (χ3v) is 9.14. The Morgan fingerprint density at radius 2 is 1.65 bits per heavy atom. The van der Waals surface area contributed by atoms with Crippen LogP contribution in [0, 0.1) is 0 Å². The molecule has 2 aliphatic heterocycles. The van der Waals surface area contributed by atoms with Crippen molar-refractivity contribution in [1.82, 2.24) is 19.6 Å². The van der Waals surface area contributed by atoms with E-state index in [-0.39, 0.29) is 23.6 Å². The van der Waals surface area contributed by atoms with Gasteiger partial charge in [0.1, 0.15) is 5.54 Å². The van der Waals surface area contributed by atoms with Gasteiger partial charge in [0, 0.05) is 65.2 Å². The molecule has 9 heteroatoms. The number of carbonyl (C=O) groups is 3. The molecule has 0 spiro atoms. The van der Waals surface area contributed by atoms with Gasteiger partial charge in [-0.3, -0.25) is 14.4 Å². The monoisotopic (exact) mass is 586 g/mol. The van der Waals surface area contributed by atoms with Crippen LogP contribution in [0.3, 0.4) is 0 Å². The number of benzene rings is 2. The molecule has 2 aromatic carbocycles. The number of amides is 3. The Bertz CT molecular complexity index is 1200. The number of halogens is 2.